The van der Waals surface area contributed by atoms with Gasteiger partial charge in [0.2, 0.25) is 0 Å². The summed E-state index contributed by atoms with van der Waals surface area (Å²) in [4.78, 5) is 8.63. The highest BCUT2D eigenvalue weighted by Gasteiger charge is 2.23. The van der Waals surface area contributed by atoms with E-state index in [0.29, 0.717) is 6.54 Å². The lowest BCUT2D eigenvalue weighted by atomic mass is 9.86. The summed E-state index contributed by atoms with van der Waals surface area (Å²) in [5, 5.41) is 2.58. The Morgan fingerprint density at radius 3 is 2.67 bits per heavy atom. The van der Waals surface area contributed by atoms with Gasteiger partial charge in [-0.25, -0.2) is 8.78 Å². The Morgan fingerprint density at radius 1 is 1.29 bits per heavy atom. The Hall–Kier alpha value is -1.77. The van der Waals surface area contributed by atoms with Crippen LogP contribution in [-0.2, 0) is 5.41 Å². The second-order valence-electron chi connectivity index (χ2n) is 6.00. The number of rotatable bonds is 4. The molecule has 4 nitrogen and oxygen atoms in total. The lowest BCUT2D eigenvalue weighted by Gasteiger charge is -2.23. The lowest BCUT2D eigenvalue weighted by molar-refractivity contribution is 0.519. The predicted octanol–water partition coefficient (Wildman–Crippen LogP) is 3.99. The number of aryl methyl sites for hydroxylation is 1. The number of aliphatic imine (C=N–C) groups is 1. The van der Waals surface area contributed by atoms with Crippen LogP contribution >= 0.6 is 24.0 Å². The van der Waals surface area contributed by atoms with Crippen LogP contribution in [0.1, 0.15) is 25.1 Å². The van der Waals surface area contributed by atoms with Gasteiger partial charge in [0.25, 0.3) is 0 Å². The zero-order chi connectivity index (χ0) is 17.0. The molecule has 7 heteroatoms. The molecule has 1 aromatic heterocycles. The molecule has 0 aliphatic rings. The minimum absolute atomic E-state index is 0. The third-order valence-electron chi connectivity index (χ3n) is 3.49. The molecule has 2 rings (SSSR count). The van der Waals surface area contributed by atoms with Crippen molar-refractivity contribution in [3.63, 3.8) is 0 Å². The first-order chi connectivity index (χ1) is 10.8. The number of guanidine groups is 1. The van der Waals surface area contributed by atoms with Crippen molar-refractivity contribution in [3.05, 3.63) is 59.4 Å². The summed E-state index contributed by atoms with van der Waals surface area (Å²) in [6, 6.07) is 6.97. The molecule has 3 N–H and O–H groups in total. The minimum atomic E-state index is -0.593. The molecule has 0 amide bonds. The fourth-order valence-electron chi connectivity index (χ4n) is 2.32. The van der Waals surface area contributed by atoms with Gasteiger partial charge in [-0.15, -0.1) is 24.0 Å². The van der Waals surface area contributed by atoms with Gasteiger partial charge >= 0.3 is 0 Å². The summed E-state index contributed by atoms with van der Waals surface area (Å²) in [6.07, 6.45) is 1.73. The van der Waals surface area contributed by atoms with Gasteiger partial charge in [-0.3, -0.25) is 9.98 Å². The maximum absolute atomic E-state index is 13.6. The molecule has 0 unspecified atom stereocenters. The normalized spacial score (nSPS) is 11.8. The molecule has 0 radical (unpaired) electrons. The standard InChI is InChI=1S/C17H20F2N4.HI/c1-11-5-4-8-21-15(11)17(2,3)10-22-16(20)23-14-9-12(18)6-7-13(14)19;/h4-9H,10H2,1-3H3,(H3,20,22,23);1H. The predicted molar refractivity (Wildman–Crippen MR) is 104 cm³/mol. The number of pyridine rings is 1. The molecule has 1 heterocycles. The molecule has 130 valence electrons. The number of hydrogen-bond acceptors (Lipinski definition) is 2. The molecule has 0 spiro atoms. The fraction of sp³-hybridized carbons (Fsp3) is 0.294. The van der Waals surface area contributed by atoms with Crippen LogP contribution in [0.2, 0.25) is 0 Å². The Morgan fingerprint density at radius 2 is 2.00 bits per heavy atom. The Bertz CT molecular complexity index is 732. The third-order valence-corrected chi connectivity index (χ3v) is 3.49. The first-order valence-electron chi connectivity index (χ1n) is 7.24. The molecule has 0 saturated carbocycles. The number of nitrogens with one attached hydrogen (secondary N) is 1. The molecule has 0 aliphatic heterocycles. The van der Waals surface area contributed by atoms with Crippen LogP contribution in [0, 0.1) is 18.6 Å². The number of nitrogens with two attached hydrogens (primary N) is 1. The van der Waals surface area contributed by atoms with E-state index >= 15 is 0 Å². The molecule has 0 fully saturated rings. The number of hydrogen-bond donors (Lipinski definition) is 2. The monoisotopic (exact) mass is 446 g/mol. The van der Waals surface area contributed by atoms with E-state index in [0.717, 1.165) is 29.5 Å². The van der Waals surface area contributed by atoms with Gasteiger partial charge in [-0.2, -0.15) is 0 Å². The second kappa shape index (κ2) is 8.36. The maximum atomic E-state index is 13.6. The van der Waals surface area contributed by atoms with Gasteiger partial charge in [0.05, 0.1) is 17.9 Å². The van der Waals surface area contributed by atoms with E-state index in [-0.39, 0.29) is 41.0 Å². The topological polar surface area (TPSA) is 63.3 Å². The number of halogens is 3. The van der Waals surface area contributed by atoms with Crippen LogP contribution in [0.3, 0.4) is 0 Å². The highest BCUT2D eigenvalue weighted by molar-refractivity contribution is 14.0. The van der Waals surface area contributed by atoms with Crippen molar-refractivity contribution in [2.75, 3.05) is 11.9 Å². The zero-order valence-electron chi connectivity index (χ0n) is 13.8. The lowest BCUT2D eigenvalue weighted by Crippen LogP contribution is -2.29. The summed E-state index contributed by atoms with van der Waals surface area (Å²) < 4.78 is 26.7. The van der Waals surface area contributed by atoms with E-state index < -0.39 is 11.6 Å². The summed E-state index contributed by atoms with van der Waals surface area (Å²) >= 11 is 0. The summed E-state index contributed by atoms with van der Waals surface area (Å²) in [5.41, 5.74) is 7.39. The van der Waals surface area contributed by atoms with Crippen molar-refractivity contribution >= 4 is 35.6 Å². The Labute approximate surface area is 157 Å². The number of aromatic nitrogens is 1. The van der Waals surface area contributed by atoms with Crippen molar-refractivity contribution < 1.29 is 8.78 Å². The van der Waals surface area contributed by atoms with Crippen molar-refractivity contribution in [3.8, 4) is 0 Å². The molecule has 0 atom stereocenters. The van der Waals surface area contributed by atoms with Crippen LogP contribution in [-0.4, -0.2) is 17.5 Å². The van der Waals surface area contributed by atoms with E-state index in [1.165, 1.54) is 0 Å². The van der Waals surface area contributed by atoms with E-state index in [2.05, 4.69) is 15.3 Å². The highest BCUT2D eigenvalue weighted by Crippen LogP contribution is 2.24. The maximum Gasteiger partial charge on any atom is 0.193 e. The average Bonchev–Trinajstić information content (AvgIpc) is 2.49. The molecule has 1 aromatic carbocycles. The van der Waals surface area contributed by atoms with Gasteiger partial charge < -0.3 is 11.1 Å². The van der Waals surface area contributed by atoms with Crippen LogP contribution < -0.4 is 11.1 Å². The Balaban J connectivity index is 0.00000288. The van der Waals surface area contributed by atoms with E-state index in [1.807, 2.05) is 32.9 Å². The largest absolute Gasteiger partial charge is 0.370 e. The van der Waals surface area contributed by atoms with Crippen LogP contribution in [0.25, 0.3) is 0 Å². The first kappa shape index (κ1) is 20.3. The van der Waals surface area contributed by atoms with Crippen molar-refractivity contribution in [1.29, 1.82) is 0 Å². The molecule has 0 saturated heterocycles. The van der Waals surface area contributed by atoms with E-state index in [1.54, 1.807) is 6.20 Å². The van der Waals surface area contributed by atoms with Gasteiger partial charge in [0.15, 0.2) is 5.96 Å². The smallest absolute Gasteiger partial charge is 0.193 e. The van der Waals surface area contributed by atoms with Crippen LogP contribution in [0.15, 0.2) is 41.5 Å². The molecule has 24 heavy (non-hydrogen) atoms. The summed E-state index contributed by atoms with van der Waals surface area (Å²) in [6.45, 7) is 6.35. The molecule has 2 aromatic rings. The van der Waals surface area contributed by atoms with Gasteiger partial charge in [0, 0.05) is 17.7 Å². The van der Waals surface area contributed by atoms with Crippen molar-refractivity contribution in [2.45, 2.75) is 26.2 Å². The molecule has 0 aliphatic carbocycles. The van der Waals surface area contributed by atoms with Crippen molar-refractivity contribution in [1.82, 2.24) is 4.98 Å². The van der Waals surface area contributed by atoms with Crippen molar-refractivity contribution in [2.24, 2.45) is 10.7 Å². The van der Waals surface area contributed by atoms with Crippen LogP contribution in [0.4, 0.5) is 14.5 Å². The minimum Gasteiger partial charge on any atom is -0.370 e. The average molecular weight is 446 g/mol. The molecule has 0 bridgehead atoms. The molecular weight excluding hydrogens is 425 g/mol. The SMILES string of the molecule is Cc1cccnc1C(C)(C)CN=C(N)Nc1cc(F)ccc1F.I. The second-order valence-corrected chi connectivity index (χ2v) is 6.00. The fourth-order valence-corrected chi connectivity index (χ4v) is 2.32. The molecular formula is C17H21F2IN4. The summed E-state index contributed by atoms with van der Waals surface area (Å²) in [5.74, 6) is -1.12. The van der Waals surface area contributed by atoms with E-state index in [9.17, 15) is 8.78 Å². The number of anilines is 1. The highest BCUT2D eigenvalue weighted by atomic mass is 127. The van der Waals surface area contributed by atoms with E-state index in [4.69, 9.17) is 5.73 Å². The Kier molecular flexibility index (Phi) is 7.07. The zero-order valence-corrected chi connectivity index (χ0v) is 16.1. The van der Waals surface area contributed by atoms with Gasteiger partial charge in [0.1, 0.15) is 11.6 Å². The van der Waals surface area contributed by atoms with Gasteiger partial charge in [-0.1, -0.05) is 19.9 Å². The summed E-state index contributed by atoms with van der Waals surface area (Å²) in [7, 11) is 0. The van der Waals surface area contributed by atoms with Crippen LogP contribution in [0.5, 0.6) is 0 Å². The quantitative estimate of drug-likeness (QED) is 0.424. The number of benzene rings is 1. The third kappa shape index (κ3) is 5.12. The van der Waals surface area contributed by atoms with Gasteiger partial charge in [-0.05, 0) is 30.7 Å². The first-order valence-corrected chi connectivity index (χ1v) is 7.24. The number of nitrogens with zero attached hydrogens (tertiary/aromatic N) is 2.